The van der Waals surface area contributed by atoms with Crippen LogP contribution in [-0.4, -0.2) is 22.6 Å². The van der Waals surface area contributed by atoms with Crippen LogP contribution in [0.2, 0.25) is 0 Å². The Morgan fingerprint density at radius 2 is 2.00 bits per heavy atom. The number of hydrogen-bond donors (Lipinski definition) is 1. The third-order valence-corrected chi connectivity index (χ3v) is 4.91. The SMILES string of the molecule is COc1cccc2c1CCC2n1cccc(C(=O)Nc2ccncc2)c1=O. The van der Waals surface area contributed by atoms with Crippen LogP contribution >= 0.6 is 0 Å². The maximum atomic E-state index is 13.0. The minimum absolute atomic E-state index is 0.101. The smallest absolute Gasteiger partial charge is 0.263 e. The molecule has 0 saturated carbocycles. The number of carbonyl (C=O) groups is 1. The first-order valence-electron chi connectivity index (χ1n) is 8.77. The third-order valence-electron chi connectivity index (χ3n) is 4.91. The molecule has 0 aliphatic heterocycles. The van der Waals surface area contributed by atoms with Crippen LogP contribution in [0, 0.1) is 0 Å². The summed E-state index contributed by atoms with van der Waals surface area (Å²) in [4.78, 5) is 29.5. The molecular formula is C21H19N3O3. The lowest BCUT2D eigenvalue weighted by Gasteiger charge is -2.17. The van der Waals surface area contributed by atoms with Gasteiger partial charge < -0.3 is 14.6 Å². The van der Waals surface area contributed by atoms with Crippen molar-refractivity contribution in [3.63, 3.8) is 0 Å². The lowest BCUT2D eigenvalue weighted by atomic mass is 10.1. The van der Waals surface area contributed by atoms with Crippen molar-refractivity contribution >= 4 is 11.6 Å². The van der Waals surface area contributed by atoms with Gasteiger partial charge in [-0.1, -0.05) is 12.1 Å². The Labute approximate surface area is 156 Å². The summed E-state index contributed by atoms with van der Waals surface area (Å²) in [5.74, 6) is 0.416. The molecule has 6 nitrogen and oxygen atoms in total. The van der Waals surface area contributed by atoms with Crippen molar-refractivity contribution in [2.45, 2.75) is 18.9 Å². The first-order chi connectivity index (χ1) is 13.2. The van der Waals surface area contributed by atoms with Gasteiger partial charge in [0.05, 0.1) is 13.2 Å². The molecule has 1 N–H and O–H groups in total. The van der Waals surface area contributed by atoms with Gasteiger partial charge in [-0.2, -0.15) is 0 Å². The molecule has 4 rings (SSSR count). The molecule has 2 heterocycles. The number of methoxy groups -OCH3 is 1. The molecule has 27 heavy (non-hydrogen) atoms. The normalized spacial score (nSPS) is 15.2. The summed E-state index contributed by atoms with van der Waals surface area (Å²) in [7, 11) is 1.65. The summed E-state index contributed by atoms with van der Waals surface area (Å²) in [6, 6.07) is 12.4. The van der Waals surface area contributed by atoms with Crippen molar-refractivity contribution < 1.29 is 9.53 Å². The van der Waals surface area contributed by atoms with Crippen LogP contribution in [0.25, 0.3) is 0 Å². The van der Waals surface area contributed by atoms with Crippen molar-refractivity contribution in [3.05, 3.63) is 88.1 Å². The van der Waals surface area contributed by atoms with Gasteiger partial charge in [-0.25, -0.2) is 0 Å². The number of ether oxygens (including phenoxy) is 1. The quantitative estimate of drug-likeness (QED) is 0.775. The van der Waals surface area contributed by atoms with E-state index in [1.165, 1.54) is 0 Å². The van der Waals surface area contributed by atoms with E-state index in [1.54, 1.807) is 54.5 Å². The summed E-state index contributed by atoms with van der Waals surface area (Å²) in [6.45, 7) is 0. The molecule has 1 aliphatic rings. The minimum atomic E-state index is -0.426. The van der Waals surface area contributed by atoms with Gasteiger partial charge in [0, 0.05) is 24.3 Å². The van der Waals surface area contributed by atoms with E-state index in [9.17, 15) is 9.59 Å². The van der Waals surface area contributed by atoms with Gasteiger partial charge in [0.25, 0.3) is 11.5 Å². The van der Waals surface area contributed by atoms with Gasteiger partial charge in [-0.15, -0.1) is 0 Å². The maximum absolute atomic E-state index is 13.0. The molecule has 3 aromatic rings. The van der Waals surface area contributed by atoms with Crippen molar-refractivity contribution in [1.29, 1.82) is 0 Å². The molecule has 0 radical (unpaired) electrons. The van der Waals surface area contributed by atoms with E-state index in [-0.39, 0.29) is 17.2 Å². The van der Waals surface area contributed by atoms with Crippen LogP contribution in [0.15, 0.2) is 65.8 Å². The van der Waals surface area contributed by atoms with E-state index in [0.29, 0.717) is 5.69 Å². The average Bonchev–Trinajstić information content (AvgIpc) is 3.13. The third kappa shape index (κ3) is 3.10. The molecule has 0 spiro atoms. The van der Waals surface area contributed by atoms with E-state index in [1.807, 2.05) is 18.2 Å². The molecule has 6 heteroatoms. The second-order valence-corrected chi connectivity index (χ2v) is 6.41. The van der Waals surface area contributed by atoms with Crippen LogP contribution in [0.5, 0.6) is 5.75 Å². The highest BCUT2D eigenvalue weighted by atomic mass is 16.5. The first-order valence-corrected chi connectivity index (χ1v) is 8.77. The zero-order chi connectivity index (χ0) is 18.8. The van der Waals surface area contributed by atoms with Gasteiger partial charge in [0.1, 0.15) is 11.3 Å². The molecule has 1 aliphatic carbocycles. The second-order valence-electron chi connectivity index (χ2n) is 6.41. The topological polar surface area (TPSA) is 73.2 Å². The van der Waals surface area contributed by atoms with Gasteiger partial charge >= 0.3 is 0 Å². The van der Waals surface area contributed by atoms with Gasteiger partial charge in [0.2, 0.25) is 0 Å². The molecule has 0 bridgehead atoms. The molecule has 0 saturated heterocycles. The molecule has 1 aromatic carbocycles. The Kier molecular flexibility index (Phi) is 4.46. The lowest BCUT2D eigenvalue weighted by molar-refractivity contribution is 0.102. The molecule has 1 unspecified atom stereocenters. The fraction of sp³-hybridized carbons (Fsp3) is 0.190. The van der Waals surface area contributed by atoms with Crippen LogP contribution < -0.4 is 15.6 Å². The van der Waals surface area contributed by atoms with E-state index in [4.69, 9.17) is 4.74 Å². The van der Waals surface area contributed by atoms with E-state index in [0.717, 1.165) is 29.7 Å². The standard InChI is InChI=1S/C21H19N3O3/c1-27-19-6-2-4-15-16(19)7-8-18(15)24-13-3-5-17(21(24)26)20(25)23-14-9-11-22-12-10-14/h2-6,9-13,18H,7-8H2,1H3,(H,22,23,25). The fourth-order valence-electron chi connectivity index (χ4n) is 3.64. The van der Waals surface area contributed by atoms with E-state index < -0.39 is 5.91 Å². The molecular weight excluding hydrogens is 342 g/mol. The monoisotopic (exact) mass is 361 g/mol. The number of anilines is 1. The number of amides is 1. The Bertz CT molecular complexity index is 1040. The molecule has 0 fully saturated rings. The summed E-state index contributed by atoms with van der Waals surface area (Å²) < 4.78 is 7.09. The van der Waals surface area contributed by atoms with Gasteiger partial charge in [-0.05, 0) is 54.3 Å². The van der Waals surface area contributed by atoms with Crippen LogP contribution in [0.3, 0.4) is 0 Å². The Morgan fingerprint density at radius 3 is 2.78 bits per heavy atom. The Hall–Kier alpha value is -3.41. The highest BCUT2D eigenvalue weighted by Gasteiger charge is 2.28. The number of aromatic nitrogens is 2. The van der Waals surface area contributed by atoms with E-state index >= 15 is 0 Å². The lowest BCUT2D eigenvalue weighted by Crippen LogP contribution is -2.30. The predicted octanol–water partition coefficient (Wildman–Crippen LogP) is 3.04. The zero-order valence-electron chi connectivity index (χ0n) is 14.9. The molecule has 136 valence electrons. The summed E-state index contributed by atoms with van der Waals surface area (Å²) in [6.07, 6.45) is 6.54. The number of pyridine rings is 2. The summed E-state index contributed by atoms with van der Waals surface area (Å²) >= 11 is 0. The summed E-state index contributed by atoms with van der Waals surface area (Å²) in [5, 5.41) is 2.74. The number of carbonyl (C=O) groups excluding carboxylic acids is 1. The largest absolute Gasteiger partial charge is 0.496 e. The number of nitrogens with zero attached hydrogens (tertiary/aromatic N) is 2. The summed E-state index contributed by atoms with van der Waals surface area (Å²) in [5.41, 5.74) is 2.61. The fourth-order valence-corrected chi connectivity index (χ4v) is 3.64. The second kappa shape index (κ2) is 7.07. The highest BCUT2D eigenvalue weighted by molar-refractivity contribution is 6.03. The Balaban J connectivity index is 1.68. The first kappa shape index (κ1) is 17.0. The van der Waals surface area contributed by atoms with Crippen LogP contribution in [-0.2, 0) is 6.42 Å². The van der Waals surface area contributed by atoms with E-state index in [2.05, 4.69) is 10.3 Å². The van der Waals surface area contributed by atoms with Crippen molar-refractivity contribution in [1.82, 2.24) is 9.55 Å². The number of hydrogen-bond acceptors (Lipinski definition) is 4. The molecule has 1 atom stereocenters. The minimum Gasteiger partial charge on any atom is -0.496 e. The number of rotatable bonds is 4. The van der Waals surface area contributed by atoms with Crippen molar-refractivity contribution in [2.75, 3.05) is 12.4 Å². The zero-order valence-corrected chi connectivity index (χ0v) is 14.9. The van der Waals surface area contributed by atoms with Crippen molar-refractivity contribution in [2.24, 2.45) is 0 Å². The van der Waals surface area contributed by atoms with Gasteiger partial charge in [-0.3, -0.25) is 14.6 Å². The molecule has 2 aromatic heterocycles. The number of benzene rings is 1. The highest BCUT2D eigenvalue weighted by Crippen LogP contribution is 2.38. The van der Waals surface area contributed by atoms with Crippen LogP contribution in [0.4, 0.5) is 5.69 Å². The number of fused-ring (bicyclic) bond motifs is 1. The molecule has 1 amide bonds. The predicted molar refractivity (Wildman–Crippen MR) is 102 cm³/mol. The van der Waals surface area contributed by atoms with Crippen molar-refractivity contribution in [3.8, 4) is 5.75 Å². The average molecular weight is 361 g/mol. The maximum Gasteiger partial charge on any atom is 0.263 e. The van der Waals surface area contributed by atoms with Gasteiger partial charge in [0.15, 0.2) is 0 Å². The Morgan fingerprint density at radius 1 is 1.19 bits per heavy atom. The number of nitrogens with one attached hydrogen (secondary N) is 1. The van der Waals surface area contributed by atoms with Crippen LogP contribution in [0.1, 0.15) is 33.9 Å².